The molecule has 1 fully saturated rings. The first kappa shape index (κ1) is 23.8. The van der Waals surface area contributed by atoms with Crippen LogP contribution < -0.4 is 9.64 Å². The summed E-state index contributed by atoms with van der Waals surface area (Å²) in [6.45, 7) is 9.88. The Morgan fingerprint density at radius 3 is 2.36 bits per heavy atom. The summed E-state index contributed by atoms with van der Waals surface area (Å²) in [5.74, 6) is 1.58. The van der Waals surface area contributed by atoms with Crippen LogP contribution >= 0.6 is 0 Å². The normalized spacial score (nSPS) is 13.8. The summed E-state index contributed by atoms with van der Waals surface area (Å²) in [5.41, 5.74) is 7.46. The van der Waals surface area contributed by atoms with Gasteiger partial charge < -0.3 is 23.5 Å². The quantitative estimate of drug-likeness (QED) is 0.353. The predicted octanol–water partition coefficient (Wildman–Crippen LogP) is 5.69. The Bertz CT molecular complexity index is 1350. The Kier molecular flexibility index (Phi) is 6.59. The van der Waals surface area contributed by atoms with E-state index in [1.807, 2.05) is 48.2 Å². The highest BCUT2D eigenvalue weighted by Gasteiger charge is 2.29. The first-order valence-corrected chi connectivity index (χ1v) is 12.4. The minimum Gasteiger partial charge on any atom is -0.497 e. The van der Waals surface area contributed by atoms with Crippen LogP contribution in [0, 0.1) is 20.8 Å². The lowest BCUT2D eigenvalue weighted by molar-refractivity contribution is 0.0737. The average Bonchev–Trinajstić information content (AvgIpc) is 3.53. The van der Waals surface area contributed by atoms with Crippen molar-refractivity contribution in [2.75, 3.05) is 38.2 Å². The molecular weight excluding hydrogens is 450 g/mol. The number of rotatable bonds is 6. The van der Waals surface area contributed by atoms with Crippen molar-refractivity contribution in [1.82, 2.24) is 9.47 Å². The molecule has 0 N–H and O–H groups in total. The van der Waals surface area contributed by atoms with Gasteiger partial charge in [0.2, 0.25) is 0 Å². The zero-order chi connectivity index (χ0) is 25.2. The molecule has 186 valence electrons. The Morgan fingerprint density at radius 2 is 1.69 bits per heavy atom. The number of carbonyl (C=O) groups excluding carboxylic acids is 1. The fourth-order valence-electron chi connectivity index (χ4n) is 5.07. The van der Waals surface area contributed by atoms with Gasteiger partial charge >= 0.3 is 0 Å². The second-order valence-corrected chi connectivity index (χ2v) is 9.56. The number of piperazine rings is 1. The van der Waals surface area contributed by atoms with Crippen molar-refractivity contribution in [3.05, 3.63) is 95.0 Å². The van der Waals surface area contributed by atoms with Crippen LogP contribution in [0.4, 0.5) is 5.69 Å². The number of hydrogen-bond acceptors (Lipinski definition) is 4. The summed E-state index contributed by atoms with van der Waals surface area (Å²) in [7, 11) is 1.66. The van der Waals surface area contributed by atoms with E-state index in [2.05, 4.69) is 47.7 Å². The first-order valence-electron chi connectivity index (χ1n) is 12.4. The molecule has 0 atom stereocenters. The minimum atomic E-state index is 0.0450. The van der Waals surface area contributed by atoms with Gasteiger partial charge in [-0.1, -0.05) is 24.3 Å². The molecule has 2 aromatic carbocycles. The van der Waals surface area contributed by atoms with Crippen LogP contribution in [-0.2, 0) is 6.54 Å². The van der Waals surface area contributed by atoms with Gasteiger partial charge in [-0.15, -0.1) is 0 Å². The number of carbonyl (C=O) groups is 1. The minimum absolute atomic E-state index is 0.0450. The molecular formula is C30H33N3O3. The van der Waals surface area contributed by atoms with Crippen molar-refractivity contribution in [3.8, 4) is 17.1 Å². The molecule has 0 radical (unpaired) electrons. The molecule has 0 spiro atoms. The van der Waals surface area contributed by atoms with Crippen molar-refractivity contribution in [2.24, 2.45) is 0 Å². The molecule has 2 aromatic heterocycles. The maximum absolute atomic E-state index is 14.0. The third kappa shape index (κ3) is 4.63. The summed E-state index contributed by atoms with van der Waals surface area (Å²) in [6.07, 6.45) is 3.72. The molecule has 1 aliphatic rings. The van der Waals surface area contributed by atoms with Gasteiger partial charge in [0.1, 0.15) is 17.2 Å². The van der Waals surface area contributed by atoms with E-state index in [1.165, 1.54) is 16.8 Å². The number of aromatic nitrogens is 1. The van der Waals surface area contributed by atoms with Gasteiger partial charge in [-0.2, -0.15) is 0 Å². The Morgan fingerprint density at radius 1 is 0.944 bits per heavy atom. The summed E-state index contributed by atoms with van der Waals surface area (Å²) >= 11 is 0. The maximum Gasteiger partial charge on any atom is 0.271 e. The molecule has 0 unspecified atom stereocenters. The third-order valence-corrected chi connectivity index (χ3v) is 7.02. The second kappa shape index (κ2) is 9.97. The molecule has 1 amide bonds. The Labute approximate surface area is 212 Å². The third-order valence-electron chi connectivity index (χ3n) is 7.02. The SMILES string of the molecule is COc1ccc(Cn2cc(C)c(-c3ccco3)c2C(=O)N2CCN(c3cc(C)ccc3C)CC2)cc1. The topological polar surface area (TPSA) is 50.9 Å². The maximum atomic E-state index is 14.0. The van der Waals surface area contributed by atoms with Crippen LogP contribution in [0.3, 0.4) is 0 Å². The van der Waals surface area contributed by atoms with E-state index >= 15 is 0 Å². The van der Waals surface area contributed by atoms with Gasteiger partial charge in [-0.3, -0.25) is 4.79 Å². The van der Waals surface area contributed by atoms with Crippen LogP contribution in [0.2, 0.25) is 0 Å². The standard InChI is InChI=1S/C30H33N3O3/c1-21-7-8-22(2)26(18-21)31-13-15-32(16-14-31)30(34)29-28(27-6-5-17-36-27)23(3)19-33(29)20-24-9-11-25(35-4)12-10-24/h5-12,17-19H,13-16,20H2,1-4H3. The molecule has 4 aromatic rings. The molecule has 0 bridgehead atoms. The lowest BCUT2D eigenvalue weighted by Crippen LogP contribution is -2.49. The van der Waals surface area contributed by atoms with E-state index in [9.17, 15) is 4.79 Å². The van der Waals surface area contributed by atoms with Gasteiger partial charge in [-0.25, -0.2) is 0 Å². The molecule has 1 aliphatic heterocycles. The average molecular weight is 484 g/mol. The molecule has 1 saturated heterocycles. The van der Waals surface area contributed by atoms with Crippen LogP contribution in [0.5, 0.6) is 5.75 Å². The van der Waals surface area contributed by atoms with E-state index in [0.29, 0.717) is 25.3 Å². The molecule has 36 heavy (non-hydrogen) atoms. The Balaban J connectivity index is 1.43. The lowest BCUT2D eigenvalue weighted by Gasteiger charge is -2.37. The second-order valence-electron chi connectivity index (χ2n) is 9.56. The highest BCUT2D eigenvalue weighted by atomic mass is 16.5. The van der Waals surface area contributed by atoms with Crippen molar-refractivity contribution >= 4 is 11.6 Å². The molecule has 5 rings (SSSR count). The number of nitrogens with zero attached hydrogens (tertiary/aromatic N) is 3. The van der Waals surface area contributed by atoms with E-state index in [1.54, 1.807) is 13.4 Å². The van der Waals surface area contributed by atoms with Gasteiger partial charge in [0.05, 0.1) is 18.9 Å². The highest BCUT2D eigenvalue weighted by Crippen LogP contribution is 2.32. The molecule has 0 saturated carbocycles. The number of hydrogen-bond donors (Lipinski definition) is 0. The van der Waals surface area contributed by atoms with Crippen molar-refractivity contribution in [3.63, 3.8) is 0 Å². The number of methoxy groups -OCH3 is 1. The number of furan rings is 1. The fraction of sp³-hybridized carbons (Fsp3) is 0.300. The zero-order valence-corrected chi connectivity index (χ0v) is 21.5. The van der Waals surface area contributed by atoms with Crippen LogP contribution in [0.1, 0.15) is 32.7 Å². The summed E-state index contributed by atoms with van der Waals surface area (Å²) < 4.78 is 13.1. The van der Waals surface area contributed by atoms with E-state index in [0.717, 1.165) is 41.3 Å². The molecule has 3 heterocycles. The van der Waals surface area contributed by atoms with Crippen LogP contribution in [0.15, 0.2) is 71.5 Å². The molecule has 0 aliphatic carbocycles. The smallest absolute Gasteiger partial charge is 0.271 e. The summed E-state index contributed by atoms with van der Waals surface area (Å²) in [6, 6.07) is 18.3. The first-order chi connectivity index (χ1) is 17.4. The van der Waals surface area contributed by atoms with Crippen LogP contribution in [-0.4, -0.2) is 48.7 Å². The lowest BCUT2D eigenvalue weighted by atomic mass is 10.1. The van der Waals surface area contributed by atoms with Crippen molar-refractivity contribution in [1.29, 1.82) is 0 Å². The Hall–Kier alpha value is -3.93. The van der Waals surface area contributed by atoms with E-state index in [-0.39, 0.29) is 5.91 Å². The monoisotopic (exact) mass is 483 g/mol. The number of ether oxygens (including phenoxy) is 1. The van der Waals surface area contributed by atoms with Crippen molar-refractivity contribution in [2.45, 2.75) is 27.3 Å². The van der Waals surface area contributed by atoms with Gasteiger partial charge in [0.15, 0.2) is 0 Å². The number of amides is 1. The van der Waals surface area contributed by atoms with E-state index in [4.69, 9.17) is 9.15 Å². The molecule has 6 heteroatoms. The highest BCUT2D eigenvalue weighted by molar-refractivity contribution is 6.00. The zero-order valence-electron chi connectivity index (χ0n) is 21.5. The largest absolute Gasteiger partial charge is 0.497 e. The summed E-state index contributed by atoms with van der Waals surface area (Å²) in [5, 5.41) is 0. The predicted molar refractivity (Wildman–Crippen MR) is 143 cm³/mol. The number of benzene rings is 2. The van der Waals surface area contributed by atoms with Crippen LogP contribution in [0.25, 0.3) is 11.3 Å². The molecule has 6 nitrogen and oxygen atoms in total. The van der Waals surface area contributed by atoms with Gasteiger partial charge in [0.25, 0.3) is 5.91 Å². The van der Waals surface area contributed by atoms with Gasteiger partial charge in [-0.05, 0) is 73.4 Å². The van der Waals surface area contributed by atoms with E-state index < -0.39 is 0 Å². The summed E-state index contributed by atoms with van der Waals surface area (Å²) in [4.78, 5) is 18.4. The number of aryl methyl sites for hydroxylation is 3. The van der Waals surface area contributed by atoms with Crippen molar-refractivity contribution < 1.29 is 13.9 Å². The fourth-order valence-corrected chi connectivity index (χ4v) is 5.07. The van der Waals surface area contributed by atoms with Gasteiger partial charge in [0, 0.05) is 44.6 Å². The number of anilines is 1.